The minimum absolute atomic E-state index is 0.0497. The highest BCUT2D eigenvalue weighted by molar-refractivity contribution is 9.10. The maximum absolute atomic E-state index is 13.3. The Hall–Kier alpha value is -1.01. The van der Waals surface area contributed by atoms with E-state index in [2.05, 4.69) is 31.5 Å². The second-order valence-electron chi connectivity index (χ2n) is 2.45. The molecular weight excluding hydrogens is 274 g/mol. The molecular formula is C7H3BrClFN4. The fourth-order valence-corrected chi connectivity index (χ4v) is 1.76. The maximum Gasteiger partial charge on any atom is 0.158 e. The molecule has 0 atom stereocenters. The van der Waals surface area contributed by atoms with Gasteiger partial charge in [0, 0.05) is 0 Å². The summed E-state index contributed by atoms with van der Waals surface area (Å²) >= 11 is 8.66. The molecule has 1 heterocycles. The molecule has 0 unspecified atom stereocenters. The summed E-state index contributed by atoms with van der Waals surface area (Å²) in [5, 5.41) is 10.6. The molecule has 0 N–H and O–H groups in total. The van der Waals surface area contributed by atoms with Crippen LogP contribution in [-0.4, -0.2) is 20.2 Å². The van der Waals surface area contributed by atoms with Crippen molar-refractivity contribution in [2.24, 2.45) is 0 Å². The van der Waals surface area contributed by atoms with Crippen molar-refractivity contribution < 1.29 is 4.39 Å². The van der Waals surface area contributed by atoms with E-state index in [-0.39, 0.29) is 9.50 Å². The van der Waals surface area contributed by atoms with Crippen molar-refractivity contribution in [2.75, 3.05) is 0 Å². The van der Waals surface area contributed by atoms with Gasteiger partial charge in [-0.3, -0.25) is 0 Å². The first-order valence-electron chi connectivity index (χ1n) is 3.57. The lowest BCUT2D eigenvalue weighted by molar-refractivity contribution is 0.618. The standard InChI is InChI=1S/C7H3BrClFN4/c8-6-5(14-3-11-12-13-14)2-1-4(9)7(6)10/h1-3H. The zero-order chi connectivity index (χ0) is 10.1. The van der Waals surface area contributed by atoms with Crippen LogP contribution in [0.25, 0.3) is 5.69 Å². The third kappa shape index (κ3) is 1.51. The molecule has 0 saturated heterocycles. The van der Waals surface area contributed by atoms with Gasteiger partial charge in [-0.25, -0.2) is 4.39 Å². The Bertz CT molecular complexity index is 459. The smallest absolute Gasteiger partial charge is 0.158 e. The second kappa shape index (κ2) is 3.62. The van der Waals surface area contributed by atoms with Crippen LogP contribution in [0.3, 0.4) is 0 Å². The van der Waals surface area contributed by atoms with Crippen molar-refractivity contribution in [3.8, 4) is 5.69 Å². The first-order chi connectivity index (χ1) is 6.70. The molecule has 1 aromatic carbocycles. The summed E-state index contributed by atoms with van der Waals surface area (Å²) in [6.07, 6.45) is 1.37. The average Bonchev–Trinajstić information content (AvgIpc) is 2.67. The number of nitrogens with zero attached hydrogens (tertiary/aromatic N) is 4. The van der Waals surface area contributed by atoms with Crippen LogP contribution in [0.4, 0.5) is 4.39 Å². The van der Waals surface area contributed by atoms with E-state index in [1.54, 1.807) is 6.07 Å². The Labute approximate surface area is 91.8 Å². The van der Waals surface area contributed by atoms with Crippen LogP contribution in [0, 0.1) is 5.82 Å². The first kappa shape index (κ1) is 9.54. The Kier molecular flexibility index (Phi) is 2.47. The zero-order valence-electron chi connectivity index (χ0n) is 6.65. The number of aromatic nitrogens is 4. The van der Waals surface area contributed by atoms with Gasteiger partial charge in [0.2, 0.25) is 0 Å². The highest BCUT2D eigenvalue weighted by atomic mass is 79.9. The molecule has 0 spiro atoms. The summed E-state index contributed by atoms with van der Waals surface area (Å²) in [6.45, 7) is 0. The molecule has 0 radical (unpaired) electrons. The predicted octanol–water partition coefficient (Wildman–Crippen LogP) is 2.22. The van der Waals surface area contributed by atoms with Gasteiger partial charge in [0.25, 0.3) is 0 Å². The van der Waals surface area contributed by atoms with Gasteiger partial charge >= 0.3 is 0 Å². The van der Waals surface area contributed by atoms with Gasteiger partial charge in [-0.15, -0.1) is 5.10 Å². The van der Waals surface area contributed by atoms with Crippen molar-refractivity contribution >= 4 is 27.5 Å². The van der Waals surface area contributed by atoms with Crippen molar-refractivity contribution in [3.05, 3.63) is 33.8 Å². The molecule has 14 heavy (non-hydrogen) atoms. The van der Waals surface area contributed by atoms with E-state index >= 15 is 0 Å². The van der Waals surface area contributed by atoms with Crippen LogP contribution in [-0.2, 0) is 0 Å². The molecule has 0 aliphatic rings. The molecule has 1 aromatic heterocycles. The molecule has 0 bridgehead atoms. The van der Waals surface area contributed by atoms with E-state index in [1.807, 2.05) is 0 Å². The molecule has 2 aromatic rings. The van der Waals surface area contributed by atoms with Crippen molar-refractivity contribution in [1.29, 1.82) is 0 Å². The summed E-state index contributed by atoms with van der Waals surface area (Å²) < 4.78 is 14.9. The quantitative estimate of drug-likeness (QED) is 0.751. The monoisotopic (exact) mass is 276 g/mol. The largest absolute Gasteiger partial charge is 0.204 e. The number of rotatable bonds is 1. The van der Waals surface area contributed by atoms with Gasteiger partial charge in [0.05, 0.1) is 15.2 Å². The maximum atomic E-state index is 13.3. The average molecular weight is 277 g/mol. The topological polar surface area (TPSA) is 43.6 Å². The van der Waals surface area contributed by atoms with E-state index in [0.29, 0.717) is 5.69 Å². The van der Waals surface area contributed by atoms with Crippen molar-refractivity contribution in [1.82, 2.24) is 20.2 Å². The summed E-state index contributed by atoms with van der Waals surface area (Å²) in [5.74, 6) is -0.528. The lowest BCUT2D eigenvalue weighted by Gasteiger charge is -2.04. The molecule has 72 valence electrons. The number of hydrogen-bond donors (Lipinski definition) is 0. The molecule has 0 amide bonds. The minimum Gasteiger partial charge on any atom is -0.204 e. The Morgan fingerprint density at radius 1 is 1.43 bits per heavy atom. The van der Waals surface area contributed by atoms with Crippen LogP contribution in [0.5, 0.6) is 0 Å². The number of halogens is 3. The lowest BCUT2D eigenvalue weighted by atomic mass is 10.3. The van der Waals surface area contributed by atoms with Gasteiger partial charge in [0.15, 0.2) is 5.82 Å². The van der Waals surface area contributed by atoms with Crippen LogP contribution < -0.4 is 0 Å². The van der Waals surface area contributed by atoms with Gasteiger partial charge in [-0.05, 0) is 38.5 Å². The molecule has 0 fully saturated rings. The predicted molar refractivity (Wildman–Crippen MR) is 51.8 cm³/mol. The van der Waals surface area contributed by atoms with E-state index < -0.39 is 5.82 Å². The molecule has 0 aliphatic heterocycles. The summed E-state index contributed by atoms with van der Waals surface area (Å²) in [6, 6.07) is 3.06. The Balaban J connectivity index is 2.61. The molecule has 4 nitrogen and oxygen atoms in total. The fourth-order valence-electron chi connectivity index (χ4n) is 0.964. The van der Waals surface area contributed by atoms with Crippen molar-refractivity contribution in [2.45, 2.75) is 0 Å². The summed E-state index contributed by atoms with van der Waals surface area (Å²) in [4.78, 5) is 0. The summed E-state index contributed by atoms with van der Waals surface area (Å²) in [7, 11) is 0. The van der Waals surface area contributed by atoms with Crippen LogP contribution in [0.1, 0.15) is 0 Å². The number of tetrazole rings is 1. The normalized spacial score (nSPS) is 10.5. The van der Waals surface area contributed by atoms with E-state index in [0.717, 1.165) is 0 Å². The van der Waals surface area contributed by atoms with Gasteiger partial charge in [-0.2, -0.15) is 4.68 Å². The first-order valence-corrected chi connectivity index (χ1v) is 4.74. The van der Waals surface area contributed by atoms with Crippen LogP contribution in [0.15, 0.2) is 22.9 Å². The third-order valence-corrected chi connectivity index (χ3v) is 2.66. The third-order valence-electron chi connectivity index (χ3n) is 1.61. The second-order valence-corrected chi connectivity index (χ2v) is 3.65. The van der Waals surface area contributed by atoms with Crippen LogP contribution in [0.2, 0.25) is 5.02 Å². The highest BCUT2D eigenvalue weighted by Gasteiger charge is 2.11. The van der Waals surface area contributed by atoms with E-state index in [4.69, 9.17) is 11.6 Å². The Morgan fingerprint density at radius 3 is 2.86 bits per heavy atom. The zero-order valence-corrected chi connectivity index (χ0v) is 9.00. The number of hydrogen-bond acceptors (Lipinski definition) is 3. The lowest BCUT2D eigenvalue weighted by Crippen LogP contribution is -1.98. The van der Waals surface area contributed by atoms with Gasteiger partial charge in [-0.1, -0.05) is 11.6 Å². The fraction of sp³-hybridized carbons (Fsp3) is 0. The van der Waals surface area contributed by atoms with E-state index in [1.165, 1.54) is 17.1 Å². The summed E-state index contributed by atoms with van der Waals surface area (Å²) in [5.41, 5.74) is 0.497. The van der Waals surface area contributed by atoms with Gasteiger partial charge in [0.1, 0.15) is 6.33 Å². The molecule has 7 heteroatoms. The Morgan fingerprint density at radius 2 is 2.21 bits per heavy atom. The van der Waals surface area contributed by atoms with Crippen LogP contribution >= 0.6 is 27.5 Å². The SMILES string of the molecule is Fc1c(Cl)ccc(-n2cnnn2)c1Br. The minimum atomic E-state index is -0.528. The van der Waals surface area contributed by atoms with Gasteiger partial charge < -0.3 is 0 Å². The molecule has 0 saturated carbocycles. The van der Waals surface area contributed by atoms with Crippen molar-refractivity contribution in [3.63, 3.8) is 0 Å². The molecule has 2 rings (SSSR count). The number of benzene rings is 1. The van der Waals surface area contributed by atoms with E-state index in [9.17, 15) is 4.39 Å². The molecule has 0 aliphatic carbocycles. The highest BCUT2D eigenvalue weighted by Crippen LogP contribution is 2.28.